The Morgan fingerprint density at radius 2 is 1.95 bits per heavy atom. The quantitative estimate of drug-likeness (QED) is 0.893. The number of aryl methyl sites for hydroxylation is 2. The molecule has 3 heteroatoms. The number of aromatic nitrogens is 2. The Bertz CT molecular complexity index is 575. The van der Waals surface area contributed by atoms with Gasteiger partial charge in [0, 0.05) is 12.6 Å². The summed E-state index contributed by atoms with van der Waals surface area (Å²) in [7, 11) is 2.04. The van der Waals surface area contributed by atoms with E-state index in [0.29, 0.717) is 6.04 Å². The van der Waals surface area contributed by atoms with Crippen molar-refractivity contribution in [3.63, 3.8) is 0 Å². The Kier molecular flexibility index (Phi) is 3.15. The van der Waals surface area contributed by atoms with Gasteiger partial charge in [-0.05, 0) is 38.8 Å². The minimum Gasteiger partial charge on any atom is -0.309 e. The molecule has 1 unspecified atom stereocenters. The van der Waals surface area contributed by atoms with Crippen LogP contribution in [-0.2, 0) is 7.05 Å². The van der Waals surface area contributed by atoms with Gasteiger partial charge in [-0.1, -0.05) is 29.8 Å². The smallest absolute Gasteiger partial charge is 0.0829 e. The summed E-state index contributed by atoms with van der Waals surface area (Å²) in [5, 5.41) is 8.28. The van der Waals surface area contributed by atoms with Crippen molar-refractivity contribution in [3.8, 4) is 11.3 Å². The first-order chi connectivity index (χ1) is 9.16. The summed E-state index contributed by atoms with van der Waals surface area (Å²) in [5.74, 6) is 0. The first kappa shape index (κ1) is 12.4. The van der Waals surface area contributed by atoms with E-state index in [2.05, 4.69) is 43.4 Å². The summed E-state index contributed by atoms with van der Waals surface area (Å²) >= 11 is 0. The highest BCUT2D eigenvalue weighted by Gasteiger charge is 2.23. The standard InChI is InChI=1S/C16H21N3/c1-11-6-8-13(9-7-11)16-12(2)15(18-19(16)3)14-5-4-10-17-14/h6-9,14,17H,4-5,10H2,1-3H3. The molecule has 0 aliphatic carbocycles. The number of benzene rings is 1. The molecule has 19 heavy (non-hydrogen) atoms. The van der Waals surface area contributed by atoms with Gasteiger partial charge in [0.05, 0.1) is 17.4 Å². The second-order valence-electron chi connectivity index (χ2n) is 5.50. The van der Waals surface area contributed by atoms with Crippen molar-refractivity contribution in [3.05, 3.63) is 41.1 Å². The van der Waals surface area contributed by atoms with E-state index >= 15 is 0 Å². The predicted molar refractivity (Wildman–Crippen MR) is 78.1 cm³/mol. The van der Waals surface area contributed by atoms with Crippen molar-refractivity contribution in [1.29, 1.82) is 0 Å². The highest BCUT2D eigenvalue weighted by Crippen LogP contribution is 2.31. The highest BCUT2D eigenvalue weighted by atomic mass is 15.3. The lowest BCUT2D eigenvalue weighted by Gasteiger charge is -2.08. The van der Waals surface area contributed by atoms with Gasteiger partial charge >= 0.3 is 0 Å². The number of nitrogens with zero attached hydrogens (tertiary/aromatic N) is 2. The second kappa shape index (κ2) is 4.82. The van der Waals surface area contributed by atoms with Crippen LogP contribution in [0, 0.1) is 13.8 Å². The van der Waals surface area contributed by atoms with Gasteiger partial charge < -0.3 is 5.32 Å². The average Bonchev–Trinajstić information content (AvgIpc) is 3.00. The molecular formula is C16H21N3. The van der Waals surface area contributed by atoms with Gasteiger partial charge in [-0.25, -0.2) is 0 Å². The fourth-order valence-corrected chi connectivity index (χ4v) is 3.01. The van der Waals surface area contributed by atoms with E-state index in [9.17, 15) is 0 Å². The van der Waals surface area contributed by atoms with E-state index in [1.165, 1.54) is 40.9 Å². The average molecular weight is 255 g/mol. The molecule has 3 nitrogen and oxygen atoms in total. The Morgan fingerprint density at radius 1 is 1.21 bits per heavy atom. The number of hydrogen-bond donors (Lipinski definition) is 1. The molecule has 0 radical (unpaired) electrons. The van der Waals surface area contributed by atoms with Crippen molar-refractivity contribution in [2.45, 2.75) is 32.7 Å². The zero-order chi connectivity index (χ0) is 13.4. The van der Waals surface area contributed by atoms with Crippen LogP contribution in [0.15, 0.2) is 24.3 Å². The first-order valence-electron chi connectivity index (χ1n) is 7.00. The molecule has 1 atom stereocenters. The van der Waals surface area contributed by atoms with E-state index in [-0.39, 0.29) is 0 Å². The summed E-state index contributed by atoms with van der Waals surface area (Å²) in [6.07, 6.45) is 2.45. The van der Waals surface area contributed by atoms with Crippen LogP contribution in [0.2, 0.25) is 0 Å². The topological polar surface area (TPSA) is 29.9 Å². The number of rotatable bonds is 2. The Hall–Kier alpha value is -1.61. The highest BCUT2D eigenvalue weighted by molar-refractivity contribution is 5.65. The van der Waals surface area contributed by atoms with Crippen molar-refractivity contribution >= 4 is 0 Å². The fraction of sp³-hybridized carbons (Fsp3) is 0.438. The maximum absolute atomic E-state index is 4.75. The molecule has 0 spiro atoms. The van der Waals surface area contributed by atoms with E-state index < -0.39 is 0 Å². The molecular weight excluding hydrogens is 234 g/mol. The molecule has 2 aromatic rings. The van der Waals surface area contributed by atoms with E-state index in [1.807, 2.05) is 11.7 Å². The monoisotopic (exact) mass is 255 g/mol. The third-order valence-corrected chi connectivity index (χ3v) is 4.04. The summed E-state index contributed by atoms with van der Waals surface area (Å²) in [4.78, 5) is 0. The van der Waals surface area contributed by atoms with Crippen LogP contribution in [0.5, 0.6) is 0 Å². The maximum atomic E-state index is 4.75. The SMILES string of the molecule is Cc1ccc(-c2c(C)c(C3CCCN3)nn2C)cc1. The molecule has 0 saturated carbocycles. The lowest BCUT2D eigenvalue weighted by Crippen LogP contribution is -2.14. The summed E-state index contributed by atoms with van der Waals surface area (Å²) < 4.78 is 2.02. The molecule has 1 fully saturated rings. The lowest BCUT2D eigenvalue weighted by molar-refractivity contribution is 0.605. The second-order valence-corrected chi connectivity index (χ2v) is 5.50. The molecule has 1 aliphatic heterocycles. The fourth-order valence-electron chi connectivity index (χ4n) is 3.01. The lowest BCUT2D eigenvalue weighted by atomic mass is 10.0. The molecule has 1 aromatic heterocycles. The Labute approximate surface area is 114 Å². The summed E-state index contributed by atoms with van der Waals surface area (Å²) in [6.45, 7) is 5.42. The normalized spacial score (nSPS) is 19.0. The molecule has 0 amide bonds. The zero-order valence-corrected chi connectivity index (χ0v) is 11.9. The van der Waals surface area contributed by atoms with Crippen molar-refractivity contribution in [1.82, 2.24) is 15.1 Å². The van der Waals surface area contributed by atoms with Crippen LogP contribution >= 0.6 is 0 Å². The minimum atomic E-state index is 0.436. The molecule has 1 aromatic carbocycles. The van der Waals surface area contributed by atoms with Crippen LogP contribution < -0.4 is 5.32 Å². The van der Waals surface area contributed by atoms with Gasteiger partial charge in [0.1, 0.15) is 0 Å². The van der Waals surface area contributed by atoms with E-state index in [1.54, 1.807) is 0 Å². The van der Waals surface area contributed by atoms with Crippen LogP contribution in [0.3, 0.4) is 0 Å². The van der Waals surface area contributed by atoms with Gasteiger partial charge in [-0.3, -0.25) is 4.68 Å². The van der Waals surface area contributed by atoms with Gasteiger partial charge in [-0.2, -0.15) is 5.10 Å². The third kappa shape index (κ3) is 2.19. The zero-order valence-electron chi connectivity index (χ0n) is 11.9. The van der Waals surface area contributed by atoms with E-state index in [4.69, 9.17) is 5.10 Å². The summed E-state index contributed by atoms with van der Waals surface area (Å²) in [6, 6.07) is 9.13. The van der Waals surface area contributed by atoms with Gasteiger partial charge in [-0.15, -0.1) is 0 Å². The molecule has 0 bridgehead atoms. The van der Waals surface area contributed by atoms with Crippen molar-refractivity contribution in [2.75, 3.05) is 6.54 Å². The van der Waals surface area contributed by atoms with Crippen LogP contribution in [-0.4, -0.2) is 16.3 Å². The van der Waals surface area contributed by atoms with Crippen LogP contribution in [0.4, 0.5) is 0 Å². The Balaban J connectivity index is 2.04. The Morgan fingerprint density at radius 3 is 2.58 bits per heavy atom. The predicted octanol–water partition coefficient (Wildman–Crippen LogP) is 3.13. The van der Waals surface area contributed by atoms with Crippen molar-refractivity contribution in [2.24, 2.45) is 7.05 Å². The van der Waals surface area contributed by atoms with Crippen LogP contribution in [0.25, 0.3) is 11.3 Å². The van der Waals surface area contributed by atoms with Crippen LogP contribution in [0.1, 0.15) is 35.7 Å². The maximum Gasteiger partial charge on any atom is 0.0829 e. The number of hydrogen-bond acceptors (Lipinski definition) is 2. The largest absolute Gasteiger partial charge is 0.309 e. The first-order valence-corrected chi connectivity index (χ1v) is 7.00. The molecule has 1 aliphatic rings. The molecule has 3 rings (SSSR count). The molecule has 1 N–H and O–H groups in total. The van der Waals surface area contributed by atoms with Gasteiger partial charge in [0.15, 0.2) is 0 Å². The molecule has 2 heterocycles. The molecule has 1 saturated heterocycles. The van der Waals surface area contributed by atoms with E-state index in [0.717, 1.165) is 6.54 Å². The third-order valence-electron chi connectivity index (χ3n) is 4.04. The molecule has 100 valence electrons. The van der Waals surface area contributed by atoms with Crippen molar-refractivity contribution < 1.29 is 0 Å². The van der Waals surface area contributed by atoms with Gasteiger partial charge in [0.2, 0.25) is 0 Å². The number of nitrogens with one attached hydrogen (secondary N) is 1. The minimum absolute atomic E-state index is 0.436. The van der Waals surface area contributed by atoms with Gasteiger partial charge in [0.25, 0.3) is 0 Å². The summed E-state index contributed by atoms with van der Waals surface area (Å²) in [5.41, 5.74) is 6.31.